The van der Waals surface area contributed by atoms with Gasteiger partial charge in [0, 0.05) is 32.0 Å². The molecule has 84 valence electrons. The molecule has 0 saturated carbocycles. The monoisotopic (exact) mass is 212 g/mol. The lowest BCUT2D eigenvalue weighted by molar-refractivity contribution is -0.121. The smallest absolute Gasteiger partial charge is 0.324 e. The van der Waals surface area contributed by atoms with Gasteiger partial charge in [0.15, 0.2) is 0 Å². The summed E-state index contributed by atoms with van der Waals surface area (Å²) in [6, 6.07) is -0.259. The standard InChI is InChI=1S/C10H16N2O3/c1-7-8(3-5-15-7)6-12-4-2-9(13)11-10(12)14/h7-8H,2-6H2,1H3,(H,11,13,14). The molecule has 2 rings (SSSR count). The number of nitrogens with one attached hydrogen (secondary N) is 1. The van der Waals surface area contributed by atoms with E-state index in [9.17, 15) is 9.59 Å². The summed E-state index contributed by atoms with van der Waals surface area (Å²) < 4.78 is 5.44. The molecule has 1 N–H and O–H groups in total. The third kappa shape index (κ3) is 2.28. The van der Waals surface area contributed by atoms with Crippen molar-refractivity contribution in [2.75, 3.05) is 19.7 Å². The number of urea groups is 1. The Labute approximate surface area is 88.8 Å². The first-order valence-electron chi connectivity index (χ1n) is 5.37. The molecule has 0 aliphatic carbocycles. The van der Waals surface area contributed by atoms with E-state index < -0.39 is 0 Å². The van der Waals surface area contributed by atoms with Crippen molar-refractivity contribution in [3.8, 4) is 0 Å². The molecule has 2 aliphatic heterocycles. The number of amides is 3. The number of hydrogen-bond acceptors (Lipinski definition) is 3. The van der Waals surface area contributed by atoms with Crippen LogP contribution in [0.25, 0.3) is 0 Å². The summed E-state index contributed by atoms with van der Waals surface area (Å²) in [6.07, 6.45) is 1.63. The van der Waals surface area contributed by atoms with Crippen molar-refractivity contribution >= 4 is 11.9 Å². The van der Waals surface area contributed by atoms with Gasteiger partial charge in [0.05, 0.1) is 6.10 Å². The quantitative estimate of drug-likeness (QED) is 0.718. The molecule has 5 heteroatoms. The van der Waals surface area contributed by atoms with Gasteiger partial charge in [-0.25, -0.2) is 4.79 Å². The van der Waals surface area contributed by atoms with Crippen LogP contribution in [0.15, 0.2) is 0 Å². The van der Waals surface area contributed by atoms with Gasteiger partial charge in [0.25, 0.3) is 0 Å². The molecule has 0 bridgehead atoms. The maximum absolute atomic E-state index is 11.5. The Kier molecular flexibility index (Phi) is 2.90. The van der Waals surface area contributed by atoms with Gasteiger partial charge >= 0.3 is 6.03 Å². The minimum absolute atomic E-state index is 0.174. The highest BCUT2D eigenvalue weighted by Gasteiger charge is 2.30. The van der Waals surface area contributed by atoms with Crippen LogP contribution in [0.2, 0.25) is 0 Å². The molecule has 0 spiro atoms. The Morgan fingerprint density at radius 2 is 2.33 bits per heavy atom. The molecule has 2 heterocycles. The number of rotatable bonds is 2. The van der Waals surface area contributed by atoms with Crippen LogP contribution in [0.4, 0.5) is 4.79 Å². The van der Waals surface area contributed by atoms with Crippen LogP contribution in [0.5, 0.6) is 0 Å². The highest BCUT2D eigenvalue weighted by molar-refractivity contribution is 5.96. The minimum Gasteiger partial charge on any atom is -0.378 e. The molecule has 3 amide bonds. The second kappa shape index (κ2) is 4.18. The van der Waals surface area contributed by atoms with Crippen LogP contribution in [0, 0.1) is 5.92 Å². The summed E-state index contributed by atoms with van der Waals surface area (Å²) in [5.41, 5.74) is 0. The summed E-state index contributed by atoms with van der Waals surface area (Å²) in [7, 11) is 0. The first kappa shape index (κ1) is 10.4. The summed E-state index contributed by atoms with van der Waals surface area (Å²) in [4.78, 5) is 24.1. The Balaban J connectivity index is 1.88. The van der Waals surface area contributed by atoms with E-state index in [2.05, 4.69) is 5.32 Å². The Morgan fingerprint density at radius 1 is 1.53 bits per heavy atom. The lowest BCUT2D eigenvalue weighted by Gasteiger charge is -2.29. The number of carbonyl (C=O) groups excluding carboxylic acids is 2. The molecule has 0 radical (unpaired) electrons. The largest absolute Gasteiger partial charge is 0.378 e. The van der Waals surface area contributed by atoms with Gasteiger partial charge in [-0.1, -0.05) is 0 Å². The van der Waals surface area contributed by atoms with E-state index in [0.717, 1.165) is 13.0 Å². The third-order valence-corrected chi connectivity index (χ3v) is 3.13. The molecule has 2 saturated heterocycles. The van der Waals surface area contributed by atoms with Gasteiger partial charge in [-0.05, 0) is 13.3 Å². The second-order valence-electron chi connectivity index (χ2n) is 4.17. The third-order valence-electron chi connectivity index (χ3n) is 3.13. The van der Waals surface area contributed by atoms with Crippen molar-refractivity contribution in [1.29, 1.82) is 0 Å². The topological polar surface area (TPSA) is 58.6 Å². The Bertz CT molecular complexity index is 280. The summed E-state index contributed by atoms with van der Waals surface area (Å²) in [5, 5.41) is 2.33. The minimum atomic E-state index is -0.259. The Morgan fingerprint density at radius 3 is 2.93 bits per heavy atom. The normalized spacial score (nSPS) is 31.9. The van der Waals surface area contributed by atoms with Crippen molar-refractivity contribution in [3.63, 3.8) is 0 Å². The van der Waals surface area contributed by atoms with E-state index in [1.165, 1.54) is 0 Å². The van der Waals surface area contributed by atoms with Crippen molar-refractivity contribution in [2.24, 2.45) is 5.92 Å². The lowest BCUT2D eigenvalue weighted by atomic mass is 10.0. The van der Waals surface area contributed by atoms with Gasteiger partial charge in [0.1, 0.15) is 0 Å². The van der Waals surface area contributed by atoms with Crippen molar-refractivity contribution in [2.45, 2.75) is 25.9 Å². The van der Waals surface area contributed by atoms with Gasteiger partial charge in [-0.15, -0.1) is 0 Å². The van der Waals surface area contributed by atoms with Crippen LogP contribution >= 0.6 is 0 Å². The molecule has 2 fully saturated rings. The maximum atomic E-state index is 11.5. The number of nitrogens with zero attached hydrogens (tertiary/aromatic N) is 1. The van der Waals surface area contributed by atoms with E-state index in [4.69, 9.17) is 4.74 Å². The van der Waals surface area contributed by atoms with E-state index in [-0.39, 0.29) is 18.0 Å². The summed E-state index contributed by atoms with van der Waals surface area (Å²) in [6.45, 7) is 4.04. The average molecular weight is 212 g/mol. The Hall–Kier alpha value is -1.10. The predicted molar refractivity (Wildman–Crippen MR) is 53.2 cm³/mol. The molecule has 2 aliphatic rings. The fourth-order valence-corrected chi connectivity index (χ4v) is 2.07. The van der Waals surface area contributed by atoms with E-state index >= 15 is 0 Å². The van der Waals surface area contributed by atoms with Crippen molar-refractivity contribution in [3.05, 3.63) is 0 Å². The highest BCUT2D eigenvalue weighted by Crippen LogP contribution is 2.22. The zero-order chi connectivity index (χ0) is 10.8. The fourth-order valence-electron chi connectivity index (χ4n) is 2.07. The van der Waals surface area contributed by atoms with Crippen molar-refractivity contribution < 1.29 is 14.3 Å². The second-order valence-corrected chi connectivity index (χ2v) is 4.17. The maximum Gasteiger partial charge on any atom is 0.324 e. The molecule has 2 unspecified atom stereocenters. The molecule has 0 aromatic carbocycles. The van der Waals surface area contributed by atoms with Crippen LogP contribution in [0.3, 0.4) is 0 Å². The lowest BCUT2D eigenvalue weighted by Crippen LogP contribution is -2.51. The van der Waals surface area contributed by atoms with Crippen LogP contribution in [0.1, 0.15) is 19.8 Å². The predicted octanol–water partition coefficient (Wildman–Crippen LogP) is 0.353. The van der Waals surface area contributed by atoms with Gasteiger partial charge in [-0.2, -0.15) is 0 Å². The molecular weight excluding hydrogens is 196 g/mol. The highest BCUT2D eigenvalue weighted by atomic mass is 16.5. The van der Waals surface area contributed by atoms with E-state index in [0.29, 0.717) is 25.4 Å². The molecule has 0 aromatic rings. The molecule has 0 aromatic heterocycles. The molecular formula is C10H16N2O3. The fraction of sp³-hybridized carbons (Fsp3) is 0.800. The van der Waals surface area contributed by atoms with E-state index in [1.807, 2.05) is 6.92 Å². The number of ether oxygens (including phenoxy) is 1. The summed E-state index contributed by atoms with van der Waals surface area (Å²) >= 11 is 0. The van der Waals surface area contributed by atoms with Crippen molar-refractivity contribution in [1.82, 2.24) is 10.2 Å². The van der Waals surface area contributed by atoms with Gasteiger partial charge in [0.2, 0.25) is 5.91 Å². The zero-order valence-electron chi connectivity index (χ0n) is 8.86. The average Bonchev–Trinajstić information content (AvgIpc) is 2.57. The van der Waals surface area contributed by atoms with Gasteiger partial charge in [-0.3, -0.25) is 10.1 Å². The zero-order valence-corrected chi connectivity index (χ0v) is 8.86. The molecule has 2 atom stereocenters. The van der Waals surface area contributed by atoms with Crippen LogP contribution < -0.4 is 5.32 Å². The first-order chi connectivity index (χ1) is 7.16. The molecule has 15 heavy (non-hydrogen) atoms. The SMILES string of the molecule is CC1OCCC1CN1CCC(=O)NC1=O. The number of hydrogen-bond donors (Lipinski definition) is 1. The van der Waals surface area contributed by atoms with Crippen LogP contribution in [-0.2, 0) is 9.53 Å². The number of carbonyl (C=O) groups is 2. The van der Waals surface area contributed by atoms with Crippen LogP contribution in [-0.4, -0.2) is 42.6 Å². The number of imide groups is 1. The molecule has 5 nitrogen and oxygen atoms in total. The van der Waals surface area contributed by atoms with E-state index in [1.54, 1.807) is 4.90 Å². The van der Waals surface area contributed by atoms with Gasteiger partial charge < -0.3 is 9.64 Å². The first-order valence-corrected chi connectivity index (χ1v) is 5.37. The summed E-state index contributed by atoms with van der Waals surface area (Å²) in [5.74, 6) is 0.232.